The van der Waals surface area contributed by atoms with Crippen LogP contribution in [0.3, 0.4) is 0 Å². The van der Waals surface area contributed by atoms with Crippen molar-refractivity contribution in [2.75, 3.05) is 6.61 Å². The van der Waals surface area contributed by atoms with Gasteiger partial charge in [-0.3, -0.25) is 9.59 Å². The van der Waals surface area contributed by atoms with Crippen LogP contribution in [0.5, 0.6) is 5.75 Å². The van der Waals surface area contributed by atoms with E-state index < -0.39 is 5.97 Å². The molecule has 22 heavy (non-hydrogen) atoms. The summed E-state index contributed by atoms with van der Waals surface area (Å²) in [6.07, 6.45) is 3.00. The molecule has 1 saturated carbocycles. The van der Waals surface area contributed by atoms with Crippen molar-refractivity contribution in [3.63, 3.8) is 0 Å². The first kappa shape index (κ1) is 16.3. The smallest absolute Gasteiger partial charge is 0.306 e. The van der Waals surface area contributed by atoms with Crippen LogP contribution in [0.25, 0.3) is 0 Å². The van der Waals surface area contributed by atoms with Crippen molar-refractivity contribution in [1.82, 2.24) is 5.32 Å². The van der Waals surface area contributed by atoms with Gasteiger partial charge in [-0.25, -0.2) is 0 Å². The van der Waals surface area contributed by atoms with Gasteiger partial charge >= 0.3 is 5.97 Å². The second kappa shape index (κ2) is 7.82. The molecule has 0 aromatic heterocycles. The van der Waals surface area contributed by atoms with E-state index in [0.29, 0.717) is 32.3 Å². The van der Waals surface area contributed by atoms with Gasteiger partial charge in [0.2, 0.25) is 5.91 Å². The highest BCUT2D eigenvalue weighted by Gasteiger charge is 2.30. The third-order valence-corrected chi connectivity index (χ3v) is 3.95. The van der Waals surface area contributed by atoms with Gasteiger partial charge in [0.25, 0.3) is 0 Å². The highest BCUT2D eigenvalue weighted by molar-refractivity contribution is 5.76. The molecule has 5 heteroatoms. The summed E-state index contributed by atoms with van der Waals surface area (Å²) in [5.41, 5.74) is 1.14. The van der Waals surface area contributed by atoms with Crippen molar-refractivity contribution in [2.45, 2.75) is 45.1 Å². The topological polar surface area (TPSA) is 75.6 Å². The largest absolute Gasteiger partial charge is 0.494 e. The van der Waals surface area contributed by atoms with Crippen molar-refractivity contribution >= 4 is 11.9 Å². The first-order valence-electron chi connectivity index (χ1n) is 7.76. The number of carbonyl (C=O) groups excluding carboxylic acids is 1. The number of ether oxygens (including phenoxy) is 1. The minimum absolute atomic E-state index is 0.00583. The molecule has 2 N–H and O–H groups in total. The number of carboxylic acid groups (broad SMARTS) is 1. The maximum atomic E-state index is 11.8. The molecule has 120 valence electrons. The van der Waals surface area contributed by atoms with E-state index >= 15 is 0 Å². The highest BCUT2D eigenvalue weighted by Crippen LogP contribution is 2.25. The fraction of sp³-hybridized carbons (Fsp3) is 0.529. The molecular weight excluding hydrogens is 282 g/mol. The van der Waals surface area contributed by atoms with Gasteiger partial charge in [0.1, 0.15) is 5.75 Å². The SMILES string of the molecule is Cc1cccc(OCCCC(=O)N[C@H]2CC[C@@H](C(=O)O)C2)c1. The summed E-state index contributed by atoms with van der Waals surface area (Å²) in [5.74, 6) is -0.275. The summed E-state index contributed by atoms with van der Waals surface area (Å²) < 4.78 is 5.60. The van der Waals surface area contributed by atoms with Crippen molar-refractivity contribution in [2.24, 2.45) is 5.92 Å². The fourth-order valence-electron chi connectivity index (χ4n) is 2.76. The Morgan fingerprint density at radius 1 is 1.36 bits per heavy atom. The van der Waals surface area contributed by atoms with Crippen LogP contribution in [0.2, 0.25) is 0 Å². The molecule has 2 rings (SSSR count). The van der Waals surface area contributed by atoms with E-state index in [-0.39, 0.29) is 17.9 Å². The molecule has 1 aromatic carbocycles. The van der Waals surface area contributed by atoms with Crippen LogP contribution in [0, 0.1) is 12.8 Å². The summed E-state index contributed by atoms with van der Waals surface area (Å²) in [5, 5.41) is 11.9. The first-order valence-corrected chi connectivity index (χ1v) is 7.76. The maximum Gasteiger partial charge on any atom is 0.306 e. The fourth-order valence-corrected chi connectivity index (χ4v) is 2.76. The zero-order valence-corrected chi connectivity index (χ0v) is 12.9. The molecule has 1 amide bonds. The van der Waals surface area contributed by atoms with Crippen molar-refractivity contribution in [3.8, 4) is 5.75 Å². The third kappa shape index (κ3) is 5.06. The predicted molar refractivity (Wildman–Crippen MR) is 82.8 cm³/mol. The van der Waals surface area contributed by atoms with E-state index in [1.807, 2.05) is 31.2 Å². The number of carboxylic acids is 1. The molecule has 5 nitrogen and oxygen atoms in total. The van der Waals surface area contributed by atoms with E-state index in [9.17, 15) is 9.59 Å². The molecule has 1 aliphatic carbocycles. The van der Waals surface area contributed by atoms with Gasteiger partial charge in [0.05, 0.1) is 12.5 Å². The Bertz CT molecular complexity index is 529. The van der Waals surface area contributed by atoms with Gasteiger partial charge < -0.3 is 15.2 Å². The van der Waals surface area contributed by atoms with Crippen molar-refractivity contribution < 1.29 is 19.4 Å². The van der Waals surface area contributed by atoms with Gasteiger partial charge in [0.15, 0.2) is 0 Å². The van der Waals surface area contributed by atoms with Crippen LogP contribution >= 0.6 is 0 Å². The maximum absolute atomic E-state index is 11.8. The monoisotopic (exact) mass is 305 g/mol. The molecule has 1 aromatic rings. The average molecular weight is 305 g/mol. The van der Waals surface area contributed by atoms with Gasteiger partial charge in [-0.05, 0) is 50.3 Å². The standard InChI is InChI=1S/C17H23NO4/c1-12-4-2-5-15(10-12)22-9-3-6-16(19)18-14-8-7-13(11-14)17(20)21/h2,4-5,10,13-14H,3,6-9,11H2,1H3,(H,18,19)(H,20,21)/t13-,14+/m1/s1. The van der Waals surface area contributed by atoms with Crippen molar-refractivity contribution in [3.05, 3.63) is 29.8 Å². The molecular formula is C17H23NO4. The molecule has 2 atom stereocenters. The number of carbonyl (C=O) groups is 2. The zero-order valence-electron chi connectivity index (χ0n) is 12.9. The number of hydrogen-bond acceptors (Lipinski definition) is 3. The lowest BCUT2D eigenvalue weighted by Crippen LogP contribution is -2.33. The molecule has 0 heterocycles. The Kier molecular flexibility index (Phi) is 5.81. The average Bonchev–Trinajstić information content (AvgIpc) is 2.92. The second-order valence-corrected chi connectivity index (χ2v) is 5.88. The zero-order chi connectivity index (χ0) is 15.9. The van der Waals surface area contributed by atoms with Gasteiger partial charge in [-0.15, -0.1) is 0 Å². The van der Waals surface area contributed by atoms with Gasteiger partial charge in [0, 0.05) is 12.5 Å². The number of rotatable bonds is 7. The van der Waals surface area contributed by atoms with Gasteiger partial charge in [-0.2, -0.15) is 0 Å². The molecule has 0 bridgehead atoms. The molecule has 0 spiro atoms. The summed E-state index contributed by atoms with van der Waals surface area (Å²) in [7, 11) is 0. The van der Waals surface area contributed by atoms with E-state index in [4.69, 9.17) is 9.84 Å². The molecule has 0 aliphatic heterocycles. The summed E-state index contributed by atoms with van der Waals surface area (Å²) in [6.45, 7) is 2.51. The minimum Gasteiger partial charge on any atom is -0.494 e. The lowest BCUT2D eigenvalue weighted by Gasteiger charge is -2.12. The second-order valence-electron chi connectivity index (χ2n) is 5.88. The van der Waals surface area contributed by atoms with E-state index in [2.05, 4.69) is 5.32 Å². The van der Waals surface area contributed by atoms with Crippen LogP contribution in [0.4, 0.5) is 0 Å². The van der Waals surface area contributed by atoms with E-state index in [1.165, 1.54) is 0 Å². The number of aryl methyl sites for hydroxylation is 1. The minimum atomic E-state index is -0.761. The number of nitrogens with one attached hydrogen (secondary N) is 1. The molecule has 0 unspecified atom stereocenters. The van der Waals surface area contributed by atoms with Crippen LogP contribution in [-0.2, 0) is 9.59 Å². The summed E-state index contributed by atoms with van der Waals surface area (Å²) >= 11 is 0. The lowest BCUT2D eigenvalue weighted by molar-refractivity contribution is -0.141. The molecule has 0 radical (unpaired) electrons. The van der Waals surface area contributed by atoms with Gasteiger partial charge in [-0.1, -0.05) is 12.1 Å². The Balaban J connectivity index is 1.61. The Hall–Kier alpha value is -2.04. The number of hydrogen-bond donors (Lipinski definition) is 2. The summed E-state index contributed by atoms with van der Waals surface area (Å²) in [6, 6.07) is 7.82. The number of aliphatic carboxylic acids is 1. The Morgan fingerprint density at radius 2 is 2.18 bits per heavy atom. The van der Waals surface area contributed by atoms with E-state index in [0.717, 1.165) is 17.7 Å². The Morgan fingerprint density at radius 3 is 2.86 bits per heavy atom. The first-order chi connectivity index (χ1) is 10.5. The predicted octanol–water partition coefficient (Wildman–Crippen LogP) is 2.52. The number of benzene rings is 1. The van der Waals surface area contributed by atoms with Crippen LogP contribution in [0.1, 0.15) is 37.7 Å². The highest BCUT2D eigenvalue weighted by atomic mass is 16.5. The quantitative estimate of drug-likeness (QED) is 0.759. The van der Waals surface area contributed by atoms with Crippen LogP contribution in [0.15, 0.2) is 24.3 Å². The molecule has 1 aliphatic rings. The van der Waals surface area contributed by atoms with Crippen LogP contribution in [-0.4, -0.2) is 29.6 Å². The van der Waals surface area contributed by atoms with E-state index in [1.54, 1.807) is 0 Å². The summed E-state index contributed by atoms with van der Waals surface area (Å²) in [4.78, 5) is 22.7. The normalized spacial score (nSPS) is 20.6. The third-order valence-electron chi connectivity index (χ3n) is 3.95. The lowest BCUT2D eigenvalue weighted by atomic mass is 10.1. The van der Waals surface area contributed by atoms with Crippen molar-refractivity contribution in [1.29, 1.82) is 0 Å². The van der Waals surface area contributed by atoms with Crippen LogP contribution < -0.4 is 10.1 Å². The molecule has 1 fully saturated rings. The number of amides is 1. The molecule has 0 saturated heterocycles. The Labute approximate surface area is 130 Å².